The number of hydrogen-bond acceptors (Lipinski definition) is 5. The second-order valence-electron chi connectivity index (χ2n) is 7.94. The van der Waals surface area contributed by atoms with Crippen LogP contribution >= 0.6 is 0 Å². The van der Waals surface area contributed by atoms with Gasteiger partial charge in [0, 0.05) is 49.1 Å². The number of fused-ring (bicyclic) bond motifs is 1. The molecule has 4 aromatic rings. The highest BCUT2D eigenvalue weighted by Crippen LogP contribution is 2.30. The molecule has 1 unspecified atom stereocenters. The summed E-state index contributed by atoms with van der Waals surface area (Å²) in [5.41, 5.74) is 7.74. The van der Waals surface area contributed by atoms with Gasteiger partial charge in [0.25, 0.3) is 0 Å². The van der Waals surface area contributed by atoms with Crippen LogP contribution in [0.2, 0.25) is 0 Å². The van der Waals surface area contributed by atoms with Crippen molar-refractivity contribution in [1.82, 2.24) is 19.7 Å². The molecular weight excluding hydrogens is 384 g/mol. The van der Waals surface area contributed by atoms with Crippen molar-refractivity contribution < 1.29 is 0 Å². The number of hydrogen-bond donors (Lipinski definition) is 1. The van der Waals surface area contributed by atoms with Crippen LogP contribution in [0.15, 0.2) is 65.9 Å². The molecule has 5 rings (SSSR count). The van der Waals surface area contributed by atoms with Crippen molar-refractivity contribution >= 4 is 17.7 Å². The maximum atomic E-state index is 4.66. The van der Waals surface area contributed by atoms with Gasteiger partial charge in [-0.15, -0.1) is 0 Å². The molecule has 2 aromatic heterocycles. The van der Waals surface area contributed by atoms with Gasteiger partial charge in [0.1, 0.15) is 11.6 Å². The minimum Gasteiger partial charge on any atom is -0.363 e. The summed E-state index contributed by atoms with van der Waals surface area (Å²) in [6, 6.07) is 16.9. The second kappa shape index (κ2) is 7.80. The molecule has 31 heavy (non-hydrogen) atoms. The lowest BCUT2D eigenvalue weighted by Gasteiger charge is -2.17. The molecule has 6 heteroatoms. The lowest BCUT2D eigenvalue weighted by molar-refractivity contribution is 0.768. The molecule has 0 saturated heterocycles. The predicted molar refractivity (Wildman–Crippen MR) is 125 cm³/mol. The third-order valence-corrected chi connectivity index (χ3v) is 5.54. The average Bonchev–Trinajstić information content (AvgIpc) is 3.41. The monoisotopic (exact) mass is 408 g/mol. The Hall–Kier alpha value is -3.80. The Kier molecular flexibility index (Phi) is 4.82. The molecule has 2 aromatic carbocycles. The molecule has 0 amide bonds. The first-order valence-corrected chi connectivity index (χ1v) is 10.4. The maximum Gasteiger partial charge on any atom is 0.130 e. The first-order valence-electron chi connectivity index (χ1n) is 10.4. The quantitative estimate of drug-likeness (QED) is 0.488. The largest absolute Gasteiger partial charge is 0.363 e. The van der Waals surface area contributed by atoms with Crippen molar-refractivity contribution in [3.05, 3.63) is 77.9 Å². The lowest BCUT2D eigenvalue weighted by Crippen LogP contribution is -2.09. The number of aliphatic imine (C=N–C) groups is 1. The normalized spacial score (nSPS) is 13.3. The third kappa shape index (κ3) is 3.97. The Morgan fingerprint density at radius 2 is 1.90 bits per heavy atom. The molecule has 1 N–H and O–H groups in total. The fourth-order valence-electron chi connectivity index (χ4n) is 3.93. The van der Waals surface area contributed by atoms with E-state index in [2.05, 4.69) is 74.8 Å². The molecule has 0 aliphatic carbocycles. The van der Waals surface area contributed by atoms with E-state index in [0.29, 0.717) is 0 Å². The van der Waals surface area contributed by atoms with E-state index >= 15 is 0 Å². The van der Waals surface area contributed by atoms with Gasteiger partial charge in [0.05, 0.1) is 17.6 Å². The second-order valence-corrected chi connectivity index (χ2v) is 7.94. The van der Waals surface area contributed by atoms with E-state index in [4.69, 9.17) is 0 Å². The number of benzene rings is 2. The van der Waals surface area contributed by atoms with Crippen molar-refractivity contribution in [2.24, 2.45) is 12.0 Å². The Bertz CT molecular complexity index is 1290. The molecule has 0 spiro atoms. The third-order valence-electron chi connectivity index (χ3n) is 5.54. The van der Waals surface area contributed by atoms with Crippen molar-refractivity contribution in [2.45, 2.75) is 26.3 Å². The van der Waals surface area contributed by atoms with Crippen LogP contribution in [-0.4, -0.2) is 26.0 Å². The van der Waals surface area contributed by atoms with Crippen LogP contribution < -0.4 is 5.32 Å². The van der Waals surface area contributed by atoms with Crippen LogP contribution in [-0.2, 0) is 13.5 Å². The number of rotatable bonds is 5. The first kappa shape index (κ1) is 19.2. The Balaban J connectivity index is 1.40. The minimum atomic E-state index is 0.0900. The number of nitrogens with zero attached hydrogens (tertiary/aromatic N) is 5. The number of aromatic nitrogens is 4. The van der Waals surface area contributed by atoms with Gasteiger partial charge in [-0.2, -0.15) is 5.10 Å². The summed E-state index contributed by atoms with van der Waals surface area (Å²) in [5, 5.41) is 7.83. The van der Waals surface area contributed by atoms with Crippen molar-refractivity contribution in [3.8, 4) is 22.4 Å². The van der Waals surface area contributed by atoms with Gasteiger partial charge in [0.15, 0.2) is 0 Å². The van der Waals surface area contributed by atoms with Gasteiger partial charge < -0.3 is 5.32 Å². The fourth-order valence-corrected chi connectivity index (χ4v) is 3.93. The predicted octanol–water partition coefficient (Wildman–Crippen LogP) is 5.28. The molecule has 0 fully saturated rings. The van der Waals surface area contributed by atoms with E-state index in [1.807, 2.05) is 43.3 Å². The van der Waals surface area contributed by atoms with E-state index in [0.717, 1.165) is 46.1 Å². The van der Waals surface area contributed by atoms with Crippen molar-refractivity contribution in [2.75, 3.05) is 5.32 Å². The molecule has 1 aliphatic rings. The van der Waals surface area contributed by atoms with E-state index in [1.165, 1.54) is 11.1 Å². The molecule has 0 bridgehead atoms. The van der Waals surface area contributed by atoms with Gasteiger partial charge in [-0.05, 0) is 48.7 Å². The zero-order valence-corrected chi connectivity index (χ0v) is 17.9. The Labute approximate surface area is 181 Å². The molecule has 0 saturated carbocycles. The summed E-state index contributed by atoms with van der Waals surface area (Å²) in [6.45, 7) is 4.07. The highest BCUT2D eigenvalue weighted by atomic mass is 15.2. The highest BCUT2D eigenvalue weighted by Gasteiger charge is 2.13. The molecule has 0 radical (unpaired) electrons. The number of anilines is 1. The average molecular weight is 409 g/mol. The van der Waals surface area contributed by atoms with Crippen molar-refractivity contribution in [1.29, 1.82) is 0 Å². The van der Waals surface area contributed by atoms with E-state index in [9.17, 15) is 0 Å². The molecule has 3 heterocycles. The van der Waals surface area contributed by atoms with Crippen LogP contribution in [0.4, 0.5) is 11.5 Å². The summed E-state index contributed by atoms with van der Waals surface area (Å²) >= 11 is 0. The van der Waals surface area contributed by atoms with E-state index in [-0.39, 0.29) is 6.04 Å². The maximum absolute atomic E-state index is 4.66. The summed E-state index contributed by atoms with van der Waals surface area (Å²) in [7, 11) is 1.93. The van der Waals surface area contributed by atoms with Crippen LogP contribution in [0.1, 0.15) is 29.9 Å². The van der Waals surface area contributed by atoms with Gasteiger partial charge >= 0.3 is 0 Å². The van der Waals surface area contributed by atoms with Crippen LogP contribution in [0.5, 0.6) is 0 Å². The van der Waals surface area contributed by atoms with Crippen LogP contribution in [0.3, 0.4) is 0 Å². The van der Waals surface area contributed by atoms with E-state index < -0.39 is 0 Å². The van der Waals surface area contributed by atoms with Crippen molar-refractivity contribution in [3.63, 3.8) is 0 Å². The molecule has 1 aliphatic heterocycles. The molecular formula is C25H24N6. The van der Waals surface area contributed by atoms with Gasteiger partial charge in [-0.1, -0.05) is 24.3 Å². The SMILES string of the molecule is Cc1nc(NC(C)c2cccc(-c3cnn(C)c3)c2)cc(-c2ccc3c(c2)CC=N3)n1. The number of nitrogens with one attached hydrogen (secondary N) is 1. The lowest BCUT2D eigenvalue weighted by atomic mass is 10.0. The highest BCUT2D eigenvalue weighted by molar-refractivity contribution is 5.78. The summed E-state index contributed by atoms with van der Waals surface area (Å²) in [4.78, 5) is 13.7. The molecule has 6 nitrogen and oxygen atoms in total. The van der Waals surface area contributed by atoms with E-state index in [1.54, 1.807) is 0 Å². The Morgan fingerprint density at radius 1 is 1.00 bits per heavy atom. The standard InChI is InChI=1S/C25H24N6/c1-16(18-5-4-6-19(11-18)22-14-27-31(3)15-22)28-25-13-24(29-17(2)30-25)20-7-8-23-21(12-20)9-10-26-23/h4-8,10-16H,9H2,1-3H3,(H,28,29,30). The van der Waals surface area contributed by atoms with Crippen LogP contribution in [0.25, 0.3) is 22.4 Å². The zero-order valence-electron chi connectivity index (χ0n) is 17.9. The topological polar surface area (TPSA) is 68.0 Å². The Morgan fingerprint density at radius 3 is 2.74 bits per heavy atom. The fraction of sp³-hybridized carbons (Fsp3) is 0.200. The number of aryl methyl sites for hydroxylation is 2. The first-order chi connectivity index (χ1) is 15.0. The smallest absolute Gasteiger partial charge is 0.130 e. The minimum absolute atomic E-state index is 0.0900. The zero-order chi connectivity index (χ0) is 21.4. The summed E-state index contributed by atoms with van der Waals surface area (Å²) in [5.74, 6) is 1.56. The molecule has 1 atom stereocenters. The summed E-state index contributed by atoms with van der Waals surface area (Å²) < 4.78 is 1.82. The van der Waals surface area contributed by atoms with Crippen LogP contribution in [0, 0.1) is 6.92 Å². The summed E-state index contributed by atoms with van der Waals surface area (Å²) in [6.07, 6.45) is 6.74. The van der Waals surface area contributed by atoms with Gasteiger partial charge in [0.2, 0.25) is 0 Å². The van der Waals surface area contributed by atoms with Gasteiger partial charge in [-0.3, -0.25) is 9.67 Å². The van der Waals surface area contributed by atoms with Gasteiger partial charge in [-0.25, -0.2) is 9.97 Å². The molecule has 154 valence electrons.